The third kappa shape index (κ3) is 2.54. The number of fused-ring (bicyclic) bond motifs is 1. The predicted octanol–water partition coefficient (Wildman–Crippen LogP) is 2.35. The van der Waals surface area contributed by atoms with Crippen molar-refractivity contribution in [2.75, 3.05) is 5.32 Å². The molecule has 3 rings (SSSR count). The third-order valence-corrected chi connectivity index (χ3v) is 2.85. The Morgan fingerprint density at radius 1 is 1.11 bits per heavy atom. The second kappa shape index (κ2) is 4.68. The minimum absolute atomic E-state index is 0.619. The summed E-state index contributed by atoms with van der Waals surface area (Å²) in [5, 5.41) is 7.57. The number of nitrogens with zero attached hydrogens (tertiary/aromatic N) is 4. The van der Waals surface area contributed by atoms with Gasteiger partial charge in [0.1, 0.15) is 0 Å². The lowest BCUT2D eigenvalue weighted by Crippen LogP contribution is -2.03. The van der Waals surface area contributed by atoms with Crippen molar-refractivity contribution < 1.29 is 0 Å². The highest BCUT2D eigenvalue weighted by atomic mass is 15.3. The van der Waals surface area contributed by atoms with E-state index in [1.54, 1.807) is 4.52 Å². The summed E-state index contributed by atoms with van der Waals surface area (Å²) in [6.45, 7) is 4.64. The smallest absolute Gasteiger partial charge is 0.243 e. The predicted molar refractivity (Wildman–Crippen MR) is 74.0 cm³/mol. The van der Waals surface area contributed by atoms with Gasteiger partial charge in [0.2, 0.25) is 5.95 Å². The fourth-order valence-corrected chi connectivity index (χ4v) is 1.93. The molecule has 0 unspecified atom stereocenters. The highest BCUT2D eigenvalue weighted by Crippen LogP contribution is 2.08. The van der Waals surface area contributed by atoms with Gasteiger partial charge in [0.05, 0.1) is 12.2 Å². The number of aromatic nitrogens is 4. The summed E-state index contributed by atoms with van der Waals surface area (Å²) in [7, 11) is 0. The number of nitrogens with one attached hydrogen (secondary N) is 1. The van der Waals surface area contributed by atoms with Crippen molar-refractivity contribution in [3.05, 3.63) is 53.5 Å². The normalized spacial score (nSPS) is 10.8. The molecule has 5 heteroatoms. The van der Waals surface area contributed by atoms with E-state index in [1.165, 1.54) is 0 Å². The molecule has 0 aliphatic heterocycles. The van der Waals surface area contributed by atoms with Crippen molar-refractivity contribution >= 4 is 11.6 Å². The molecule has 1 N–H and O–H groups in total. The minimum Gasteiger partial charge on any atom is -0.347 e. The quantitative estimate of drug-likeness (QED) is 0.778. The van der Waals surface area contributed by atoms with Crippen LogP contribution in [0, 0.1) is 13.8 Å². The van der Waals surface area contributed by atoms with Gasteiger partial charge in [-0.1, -0.05) is 12.1 Å². The molecule has 96 valence electrons. The maximum Gasteiger partial charge on any atom is 0.243 e. The number of rotatable bonds is 3. The van der Waals surface area contributed by atoms with Crippen molar-refractivity contribution in [2.24, 2.45) is 0 Å². The third-order valence-electron chi connectivity index (χ3n) is 2.85. The molecule has 0 aliphatic carbocycles. The molecular weight excluding hydrogens is 238 g/mol. The Labute approximate surface area is 111 Å². The second-order valence-corrected chi connectivity index (χ2v) is 4.57. The molecule has 3 aromatic heterocycles. The molecule has 3 aromatic rings. The van der Waals surface area contributed by atoms with Crippen LogP contribution in [0.5, 0.6) is 0 Å². The number of pyridine rings is 2. The highest BCUT2D eigenvalue weighted by molar-refractivity contribution is 5.44. The van der Waals surface area contributed by atoms with Crippen molar-refractivity contribution in [3.63, 3.8) is 0 Å². The molecular formula is C14H15N5. The van der Waals surface area contributed by atoms with E-state index < -0.39 is 0 Å². The Balaban J connectivity index is 1.78. The monoisotopic (exact) mass is 253 g/mol. The fraction of sp³-hybridized carbons (Fsp3) is 0.214. The Morgan fingerprint density at radius 3 is 2.84 bits per heavy atom. The van der Waals surface area contributed by atoms with Gasteiger partial charge in [-0.3, -0.25) is 4.98 Å². The van der Waals surface area contributed by atoms with Crippen LogP contribution < -0.4 is 5.32 Å². The van der Waals surface area contributed by atoms with Gasteiger partial charge in [0.25, 0.3) is 0 Å². The zero-order chi connectivity index (χ0) is 13.2. The fourth-order valence-electron chi connectivity index (χ4n) is 1.93. The van der Waals surface area contributed by atoms with E-state index in [0.717, 1.165) is 22.6 Å². The molecule has 0 spiro atoms. The molecule has 3 heterocycles. The van der Waals surface area contributed by atoms with E-state index in [1.807, 2.05) is 50.4 Å². The average molecular weight is 253 g/mol. The molecule has 0 saturated carbocycles. The molecule has 19 heavy (non-hydrogen) atoms. The van der Waals surface area contributed by atoms with E-state index in [2.05, 4.69) is 20.4 Å². The molecule has 0 radical (unpaired) electrons. The molecule has 0 atom stereocenters. The SMILES string of the molecule is Cc1ccc2nc(NCc3cccc(C)n3)nn2c1. The number of hydrogen-bond donors (Lipinski definition) is 1. The van der Waals surface area contributed by atoms with Gasteiger partial charge in [-0.15, -0.1) is 5.10 Å². The Morgan fingerprint density at radius 2 is 2.00 bits per heavy atom. The number of aryl methyl sites for hydroxylation is 2. The van der Waals surface area contributed by atoms with Gasteiger partial charge in [-0.05, 0) is 37.6 Å². The summed E-state index contributed by atoms with van der Waals surface area (Å²) in [4.78, 5) is 8.84. The molecule has 0 saturated heterocycles. The van der Waals surface area contributed by atoms with Crippen LogP contribution in [0.25, 0.3) is 5.65 Å². The lowest BCUT2D eigenvalue weighted by Gasteiger charge is -2.01. The summed E-state index contributed by atoms with van der Waals surface area (Å²) in [5.41, 5.74) is 3.99. The standard InChI is InChI=1S/C14H15N5/c1-10-6-7-13-17-14(18-19(13)9-10)15-8-12-5-3-4-11(2)16-12/h3-7,9H,8H2,1-2H3,(H,15,18). The van der Waals surface area contributed by atoms with Gasteiger partial charge in [-0.2, -0.15) is 4.98 Å². The van der Waals surface area contributed by atoms with E-state index in [-0.39, 0.29) is 0 Å². The summed E-state index contributed by atoms with van der Waals surface area (Å²) in [6.07, 6.45) is 1.96. The van der Waals surface area contributed by atoms with Crippen LogP contribution in [0.1, 0.15) is 17.0 Å². The zero-order valence-corrected chi connectivity index (χ0v) is 11.0. The van der Waals surface area contributed by atoms with Crippen LogP contribution in [0.3, 0.4) is 0 Å². The Hall–Kier alpha value is -2.43. The lowest BCUT2D eigenvalue weighted by atomic mass is 10.3. The van der Waals surface area contributed by atoms with Crippen LogP contribution in [0.15, 0.2) is 36.5 Å². The number of anilines is 1. The lowest BCUT2D eigenvalue weighted by molar-refractivity contribution is 0.932. The van der Waals surface area contributed by atoms with Crippen molar-refractivity contribution in [1.82, 2.24) is 19.6 Å². The van der Waals surface area contributed by atoms with Crippen LogP contribution in [0.4, 0.5) is 5.95 Å². The van der Waals surface area contributed by atoms with Gasteiger partial charge in [-0.25, -0.2) is 4.52 Å². The van der Waals surface area contributed by atoms with Gasteiger partial charge in [0.15, 0.2) is 5.65 Å². The topological polar surface area (TPSA) is 55.1 Å². The molecule has 0 fully saturated rings. The first kappa shape index (κ1) is 11.6. The minimum atomic E-state index is 0.619. The summed E-state index contributed by atoms with van der Waals surface area (Å²) >= 11 is 0. The molecule has 0 bridgehead atoms. The maximum atomic E-state index is 4.43. The first-order valence-corrected chi connectivity index (χ1v) is 6.20. The number of hydrogen-bond acceptors (Lipinski definition) is 4. The zero-order valence-electron chi connectivity index (χ0n) is 11.0. The summed E-state index contributed by atoms with van der Waals surface area (Å²) in [5.74, 6) is 0.619. The maximum absolute atomic E-state index is 4.43. The van der Waals surface area contributed by atoms with E-state index in [4.69, 9.17) is 0 Å². The first-order chi connectivity index (χ1) is 9.20. The van der Waals surface area contributed by atoms with Crippen LogP contribution in [-0.2, 0) is 6.54 Å². The van der Waals surface area contributed by atoms with Crippen LogP contribution in [-0.4, -0.2) is 19.6 Å². The second-order valence-electron chi connectivity index (χ2n) is 4.57. The largest absolute Gasteiger partial charge is 0.347 e. The average Bonchev–Trinajstić information content (AvgIpc) is 2.78. The van der Waals surface area contributed by atoms with E-state index in [9.17, 15) is 0 Å². The molecule has 0 aromatic carbocycles. The van der Waals surface area contributed by atoms with Crippen molar-refractivity contribution in [3.8, 4) is 0 Å². The van der Waals surface area contributed by atoms with Crippen LogP contribution in [0.2, 0.25) is 0 Å². The van der Waals surface area contributed by atoms with Crippen molar-refractivity contribution in [1.29, 1.82) is 0 Å². The molecule has 0 amide bonds. The summed E-state index contributed by atoms with van der Waals surface area (Å²) in [6, 6.07) is 9.95. The van der Waals surface area contributed by atoms with E-state index >= 15 is 0 Å². The molecule has 0 aliphatic rings. The van der Waals surface area contributed by atoms with E-state index in [0.29, 0.717) is 12.5 Å². The summed E-state index contributed by atoms with van der Waals surface area (Å²) < 4.78 is 1.78. The first-order valence-electron chi connectivity index (χ1n) is 6.20. The van der Waals surface area contributed by atoms with Crippen LogP contribution >= 0.6 is 0 Å². The Kier molecular flexibility index (Phi) is 2.87. The Bertz CT molecular complexity index is 717. The highest BCUT2D eigenvalue weighted by Gasteiger charge is 2.03. The van der Waals surface area contributed by atoms with Gasteiger partial charge >= 0.3 is 0 Å². The van der Waals surface area contributed by atoms with Gasteiger partial charge < -0.3 is 5.32 Å². The van der Waals surface area contributed by atoms with Crippen molar-refractivity contribution in [2.45, 2.75) is 20.4 Å². The van der Waals surface area contributed by atoms with Gasteiger partial charge in [0, 0.05) is 11.9 Å². The molecule has 5 nitrogen and oxygen atoms in total.